The minimum absolute atomic E-state index is 0.778. The van der Waals surface area contributed by atoms with Crippen LogP contribution in [0, 0.1) is 13.8 Å². The zero-order valence-electron chi connectivity index (χ0n) is 12.8. The van der Waals surface area contributed by atoms with Crippen LogP contribution in [0.4, 0.5) is 0 Å². The molecule has 1 aromatic carbocycles. The Labute approximate surface area is 117 Å². The molecule has 0 amide bonds. The normalized spacial score (nSPS) is 10.2. The van der Waals surface area contributed by atoms with Gasteiger partial charge in [0.15, 0.2) is 0 Å². The van der Waals surface area contributed by atoms with Gasteiger partial charge in [0.05, 0.1) is 0 Å². The number of benzene rings is 1. The lowest BCUT2D eigenvalue weighted by Gasteiger charge is -2.12. The Hall–Kier alpha value is -1.63. The average molecular weight is 256 g/mol. The Morgan fingerprint density at radius 3 is 2.26 bits per heavy atom. The maximum Gasteiger partial charge on any atom is 0.150 e. The van der Waals surface area contributed by atoms with E-state index >= 15 is 0 Å². The van der Waals surface area contributed by atoms with Crippen LogP contribution < -0.4 is 0 Å². The van der Waals surface area contributed by atoms with Gasteiger partial charge in [0.2, 0.25) is 0 Å². The van der Waals surface area contributed by atoms with Crippen molar-refractivity contribution in [3.8, 4) is 0 Å². The van der Waals surface area contributed by atoms with Crippen molar-refractivity contribution in [1.82, 2.24) is 0 Å². The molecule has 0 aliphatic heterocycles. The summed E-state index contributed by atoms with van der Waals surface area (Å²) in [5.41, 5.74) is 8.14. The van der Waals surface area contributed by atoms with E-state index in [0.717, 1.165) is 41.4 Å². The summed E-state index contributed by atoms with van der Waals surface area (Å²) in [7, 11) is 0. The lowest BCUT2D eigenvalue weighted by atomic mass is 9.93. The highest BCUT2D eigenvalue weighted by Crippen LogP contribution is 2.21. The summed E-state index contributed by atoms with van der Waals surface area (Å²) >= 11 is 0. The van der Waals surface area contributed by atoms with Crippen molar-refractivity contribution >= 4 is 6.29 Å². The Bertz CT molecular complexity index is 529. The van der Waals surface area contributed by atoms with Gasteiger partial charge < -0.3 is 0 Å². The Balaban J connectivity index is 2.94. The fourth-order valence-corrected chi connectivity index (χ4v) is 2.04. The third-order valence-electron chi connectivity index (χ3n) is 3.69. The summed E-state index contributed by atoms with van der Waals surface area (Å²) in [4.78, 5) is 11.2. The van der Waals surface area contributed by atoms with Gasteiger partial charge in [-0.3, -0.25) is 4.79 Å². The second kappa shape index (κ2) is 6.51. The van der Waals surface area contributed by atoms with Crippen LogP contribution in [-0.2, 0) is 6.42 Å². The van der Waals surface area contributed by atoms with Gasteiger partial charge >= 0.3 is 0 Å². The van der Waals surface area contributed by atoms with Crippen LogP contribution in [0.5, 0.6) is 0 Å². The molecule has 0 fully saturated rings. The second-order valence-corrected chi connectivity index (χ2v) is 5.64. The Morgan fingerprint density at radius 1 is 1.16 bits per heavy atom. The van der Waals surface area contributed by atoms with Crippen LogP contribution in [0.2, 0.25) is 0 Å². The zero-order chi connectivity index (χ0) is 14.6. The number of hydrogen-bond donors (Lipinski definition) is 0. The van der Waals surface area contributed by atoms with Crippen molar-refractivity contribution in [2.75, 3.05) is 0 Å². The highest BCUT2D eigenvalue weighted by atomic mass is 16.1. The van der Waals surface area contributed by atoms with E-state index in [1.807, 2.05) is 13.0 Å². The predicted octanol–water partition coefficient (Wildman–Crippen LogP) is 4.96. The molecule has 0 atom stereocenters. The van der Waals surface area contributed by atoms with Crippen LogP contribution in [0.1, 0.15) is 54.2 Å². The molecule has 0 unspecified atom stereocenters. The van der Waals surface area contributed by atoms with Gasteiger partial charge in [-0.15, -0.1) is 0 Å². The minimum Gasteiger partial charge on any atom is -0.298 e. The van der Waals surface area contributed by atoms with Crippen molar-refractivity contribution in [3.63, 3.8) is 0 Å². The molecule has 1 aromatic rings. The van der Waals surface area contributed by atoms with Crippen molar-refractivity contribution in [1.29, 1.82) is 0 Å². The molecular weight excluding hydrogens is 232 g/mol. The van der Waals surface area contributed by atoms with E-state index in [2.05, 4.69) is 40.3 Å². The standard InChI is InChI=1S/C18H24O/c1-12(2)14(4)7-13(3)8-17-9-15(5)16(6)10-18(17)11-19/h9-11H,3,7-8H2,1-2,4-6H3. The van der Waals surface area contributed by atoms with Crippen LogP contribution in [-0.4, -0.2) is 6.29 Å². The molecule has 0 saturated heterocycles. The lowest BCUT2D eigenvalue weighted by molar-refractivity contribution is 0.112. The van der Waals surface area contributed by atoms with Crippen molar-refractivity contribution in [2.45, 2.75) is 47.5 Å². The van der Waals surface area contributed by atoms with E-state index < -0.39 is 0 Å². The molecule has 0 bridgehead atoms. The molecule has 1 heteroatoms. The number of carbonyl (C=O) groups excluding carboxylic acids is 1. The van der Waals surface area contributed by atoms with Gasteiger partial charge in [0.25, 0.3) is 0 Å². The maximum absolute atomic E-state index is 11.2. The molecule has 0 spiro atoms. The highest BCUT2D eigenvalue weighted by Gasteiger charge is 2.07. The number of allylic oxidation sites excluding steroid dienone is 3. The summed E-state index contributed by atoms with van der Waals surface area (Å²) in [6.07, 6.45) is 2.64. The predicted molar refractivity (Wildman–Crippen MR) is 82.8 cm³/mol. The van der Waals surface area contributed by atoms with E-state index in [1.54, 1.807) is 0 Å². The van der Waals surface area contributed by atoms with Gasteiger partial charge in [0, 0.05) is 5.56 Å². The lowest BCUT2D eigenvalue weighted by Crippen LogP contribution is -1.99. The molecule has 19 heavy (non-hydrogen) atoms. The van der Waals surface area contributed by atoms with Crippen molar-refractivity contribution < 1.29 is 4.79 Å². The highest BCUT2D eigenvalue weighted by molar-refractivity contribution is 5.78. The summed E-state index contributed by atoms with van der Waals surface area (Å²) < 4.78 is 0. The van der Waals surface area contributed by atoms with E-state index in [9.17, 15) is 4.79 Å². The number of aryl methyl sites for hydroxylation is 2. The monoisotopic (exact) mass is 256 g/mol. The van der Waals surface area contributed by atoms with Crippen LogP contribution in [0.3, 0.4) is 0 Å². The number of aldehydes is 1. The third kappa shape index (κ3) is 4.20. The molecule has 0 N–H and O–H groups in total. The number of hydrogen-bond acceptors (Lipinski definition) is 1. The van der Waals surface area contributed by atoms with E-state index in [-0.39, 0.29) is 0 Å². The topological polar surface area (TPSA) is 17.1 Å². The van der Waals surface area contributed by atoms with Crippen molar-refractivity contribution in [3.05, 3.63) is 57.7 Å². The van der Waals surface area contributed by atoms with E-state index in [0.29, 0.717) is 0 Å². The first-order chi connectivity index (χ1) is 8.85. The second-order valence-electron chi connectivity index (χ2n) is 5.64. The number of carbonyl (C=O) groups is 1. The molecular formula is C18H24O. The summed E-state index contributed by atoms with van der Waals surface area (Å²) in [5.74, 6) is 0. The first-order valence-corrected chi connectivity index (χ1v) is 6.70. The molecule has 0 saturated carbocycles. The molecule has 0 aliphatic carbocycles. The fourth-order valence-electron chi connectivity index (χ4n) is 2.04. The number of rotatable bonds is 5. The summed E-state index contributed by atoms with van der Waals surface area (Å²) in [6.45, 7) is 14.6. The zero-order valence-corrected chi connectivity index (χ0v) is 12.8. The average Bonchev–Trinajstić information content (AvgIpc) is 2.33. The first-order valence-electron chi connectivity index (χ1n) is 6.70. The van der Waals surface area contributed by atoms with Gasteiger partial charge in [-0.25, -0.2) is 0 Å². The molecule has 1 rings (SSSR count). The molecule has 0 aromatic heterocycles. The van der Waals surface area contributed by atoms with Gasteiger partial charge in [0.1, 0.15) is 6.29 Å². The van der Waals surface area contributed by atoms with Gasteiger partial charge in [-0.05, 0) is 70.2 Å². The Kier molecular flexibility index (Phi) is 5.29. The smallest absolute Gasteiger partial charge is 0.150 e. The maximum atomic E-state index is 11.2. The SMILES string of the molecule is C=C(CC(C)=C(C)C)Cc1cc(C)c(C)cc1C=O. The van der Waals surface area contributed by atoms with Crippen LogP contribution in [0.15, 0.2) is 35.4 Å². The molecule has 0 heterocycles. The van der Waals surface area contributed by atoms with Gasteiger partial charge in [-0.1, -0.05) is 29.4 Å². The third-order valence-corrected chi connectivity index (χ3v) is 3.69. The fraction of sp³-hybridized carbons (Fsp3) is 0.389. The molecule has 102 valence electrons. The van der Waals surface area contributed by atoms with Gasteiger partial charge in [-0.2, -0.15) is 0 Å². The Morgan fingerprint density at radius 2 is 1.74 bits per heavy atom. The van der Waals surface area contributed by atoms with Crippen LogP contribution >= 0.6 is 0 Å². The molecule has 0 aliphatic rings. The molecule has 1 nitrogen and oxygen atoms in total. The van der Waals surface area contributed by atoms with Crippen molar-refractivity contribution in [2.24, 2.45) is 0 Å². The van der Waals surface area contributed by atoms with E-state index in [4.69, 9.17) is 0 Å². The summed E-state index contributed by atoms with van der Waals surface area (Å²) in [6, 6.07) is 4.08. The summed E-state index contributed by atoms with van der Waals surface area (Å²) in [5, 5.41) is 0. The minimum atomic E-state index is 0.778. The van der Waals surface area contributed by atoms with E-state index in [1.165, 1.54) is 16.7 Å². The quantitative estimate of drug-likeness (QED) is 0.537. The molecule has 0 radical (unpaired) electrons. The largest absolute Gasteiger partial charge is 0.298 e. The first kappa shape index (κ1) is 15.4. The van der Waals surface area contributed by atoms with Crippen LogP contribution in [0.25, 0.3) is 0 Å².